The molecule has 0 spiro atoms. The van der Waals surface area contributed by atoms with Crippen molar-refractivity contribution in [1.29, 1.82) is 0 Å². The Balaban J connectivity index is 2.42. The quantitative estimate of drug-likeness (QED) is 0.694. The van der Waals surface area contributed by atoms with Crippen LogP contribution in [0.4, 0.5) is 4.39 Å². The number of thiophene rings is 1. The predicted octanol–water partition coefficient (Wildman–Crippen LogP) is 3.25. The summed E-state index contributed by atoms with van der Waals surface area (Å²) in [7, 11) is 0. The molecule has 0 aliphatic rings. The first kappa shape index (κ1) is 11.3. The molecule has 2 heterocycles. The van der Waals surface area contributed by atoms with Gasteiger partial charge in [-0.05, 0) is 41.9 Å². The standard InChI is InChI=1S/C12H7FN2OS2/c13-7-2-1-3-8(6-7)15-11(16)10-9(4-5-18-10)14-12(15)17/h1-6H,(H,14,17). The highest BCUT2D eigenvalue weighted by Crippen LogP contribution is 2.16. The molecule has 0 unspecified atom stereocenters. The molecule has 0 amide bonds. The molecular formula is C12H7FN2OS2. The van der Waals surface area contributed by atoms with Crippen LogP contribution in [-0.2, 0) is 0 Å². The van der Waals surface area contributed by atoms with Crippen molar-refractivity contribution in [3.63, 3.8) is 0 Å². The van der Waals surface area contributed by atoms with E-state index in [-0.39, 0.29) is 10.3 Å². The fourth-order valence-electron chi connectivity index (χ4n) is 1.79. The number of benzene rings is 1. The summed E-state index contributed by atoms with van der Waals surface area (Å²) in [4.78, 5) is 15.2. The normalized spacial score (nSPS) is 10.9. The minimum absolute atomic E-state index is 0.227. The van der Waals surface area contributed by atoms with Gasteiger partial charge in [-0.3, -0.25) is 9.36 Å². The predicted molar refractivity (Wildman–Crippen MR) is 72.6 cm³/mol. The van der Waals surface area contributed by atoms with Gasteiger partial charge < -0.3 is 4.98 Å². The van der Waals surface area contributed by atoms with Crippen molar-refractivity contribution < 1.29 is 4.39 Å². The summed E-state index contributed by atoms with van der Waals surface area (Å²) in [6.45, 7) is 0. The number of H-pyrrole nitrogens is 1. The van der Waals surface area contributed by atoms with Crippen molar-refractivity contribution in [3.8, 4) is 5.69 Å². The van der Waals surface area contributed by atoms with Gasteiger partial charge in [-0.15, -0.1) is 11.3 Å². The molecule has 0 radical (unpaired) electrons. The fourth-order valence-corrected chi connectivity index (χ4v) is 2.86. The maximum atomic E-state index is 13.2. The average Bonchev–Trinajstić information content (AvgIpc) is 2.77. The summed E-state index contributed by atoms with van der Waals surface area (Å²) in [5, 5.41) is 1.81. The van der Waals surface area contributed by atoms with E-state index in [9.17, 15) is 9.18 Å². The average molecular weight is 278 g/mol. The highest BCUT2D eigenvalue weighted by Gasteiger charge is 2.08. The summed E-state index contributed by atoms with van der Waals surface area (Å²) >= 11 is 6.48. The van der Waals surface area contributed by atoms with Gasteiger partial charge in [0.2, 0.25) is 0 Å². The Morgan fingerprint density at radius 1 is 1.33 bits per heavy atom. The van der Waals surface area contributed by atoms with E-state index in [4.69, 9.17) is 12.2 Å². The van der Waals surface area contributed by atoms with E-state index in [1.165, 1.54) is 28.0 Å². The zero-order valence-corrected chi connectivity index (χ0v) is 10.6. The van der Waals surface area contributed by atoms with E-state index in [1.807, 2.05) is 5.38 Å². The first-order chi connectivity index (χ1) is 8.66. The van der Waals surface area contributed by atoms with Gasteiger partial charge in [0.05, 0.1) is 11.2 Å². The number of nitrogens with zero attached hydrogens (tertiary/aromatic N) is 1. The molecule has 3 aromatic rings. The molecule has 0 bridgehead atoms. The monoisotopic (exact) mass is 278 g/mol. The van der Waals surface area contributed by atoms with Gasteiger partial charge in [0.25, 0.3) is 5.56 Å². The first-order valence-electron chi connectivity index (χ1n) is 5.15. The molecular weight excluding hydrogens is 271 g/mol. The second kappa shape index (κ2) is 4.15. The minimum atomic E-state index is -0.403. The van der Waals surface area contributed by atoms with Crippen molar-refractivity contribution in [3.05, 3.63) is 56.7 Å². The minimum Gasteiger partial charge on any atom is -0.331 e. The lowest BCUT2D eigenvalue weighted by molar-refractivity contribution is 0.626. The first-order valence-corrected chi connectivity index (χ1v) is 6.44. The molecule has 0 saturated heterocycles. The summed E-state index contributed by atoms with van der Waals surface area (Å²) in [6, 6.07) is 7.60. The molecule has 0 fully saturated rings. The van der Waals surface area contributed by atoms with Gasteiger partial charge in [-0.25, -0.2) is 4.39 Å². The summed E-state index contributed by atoms with van der Waals surface area (Å²) in [5.74, 6) is -0.403. The number of hydrogen-bond donors (Lipinski definition) is 1. The van der Waals surface area contributed by atoms with Gasteiger partial charge in [-0.1, -0.05) is 6.07 Å². The summed E-state index contributed by atoms with van der Waals surface area (Å²) < 4.78 is 15.4. The topological polar surface area (TPSA) is 37.8 Å². The van der Waals surface area contributed by atoms with Crippen LogP contribution in [0.15, 0.2) is 40.5 Å². The van der Waals surface area contributed by atoms with Gasteiger partial charge in [0.1, 0.15) is 10.5 Å². The Hall–Kier alpha value is -1.79. The van der Waals surface area contributed by atoms with E-state index in [1.54, 1.807) is 18.2 Å². The number of rotatable bonds is 1. The van der Waals surface area contributed by atoms with Crippen LogP contribution in [-0.4, -0.2) is 9.55 Å². The molecule has 90 valence electrons. The number of halogens is 1. The lowest BCUT2D eigenvalue weighted by Crippen LogP contribution is -2.19. The lowest BCUT2D eigenvalue weighted by atomic mass is 10.3. The van der Waals surface area contributed by atoms with E-state index >= 15 is 0 Å². The van der Waals surface area contributed by atoms with Crippen LogP contribution in [0.2, 0.25) is 0 Å². The third-order valence-electron chi connectivity index (χ3n) is 2.57. The Morgan fingerprint density at radius 3 is 2.94 bits per heavy atom. The third-order valence-corrected chi connectivity index (χ3v) is 3.76. The smallest absolute Gasteiger partial charge is 0.276 e. The summed E-state index contributed by atoms with van der Waals surface area (Å²) in [5.41, 5.74) is 0.911. The van der Waals surface area contributed by atoms with Crippen LogP contribution in [0.25, 0.3) is 15.9 Å². The van der Waals surface area contributed by atoms with Crippen molar-refractivity contribution in [2.24, 2.45) is 0 Å². The van der Waals surface area contributed by atoms with Gasteiger partial charge in [0.15, 0.2) is 4.77 Å². The van der Waals surface area contributed by atoms with Crippen LogP contribution in [0, 0.1) is 10.6 Å². The van der Waals surface area contributed by atoms with Crippen LogP contribution in [0.1, 0.15) is 0 Å². The Labute approximate surface area is 110 Å². The maximum Gasteiger partial charge on any atom is 0.276 e. The molecule has 0 atom stereocenters. The zero-order valence-electron chi connectivity index (χ0n) is 9.01. The largest absolute Gasteiger partial charge is 0.331 e. The Bertz CT molecular complexity index is 847. The van der Waals surface area contributed by atoms with Crippen LogP contribution >= 0.6 is 23.6 Å². The zero-order chi connectivity index (χ0) is 12.7. The molecule has 3 nitrogen and oxygen atoms in total. The van der Waals surface area contributed by atoms with Crippen molar-refractivity contribution >= 4 is 33.8 Å². The molecule has 6 heteroatoms. The number of aromatic amines is 1. The van der Waals surface area contributed by atoms with Crippen molar-refractivity contribution in [2.45, 2.75) is 0 Å². The van der Waals surface area contributed by atoms with Crippen LogP contribution < -0.4 is 5.56 Å². The lowest BCUT2D eigenvalue weighted by Gasteiger charge is -2.06. The van der Waals surface area contributed by atoms with E-state index in [0.29, 0.717) is 15.9 Å². The second-order valence-corrected chi connectivity index (χ2v) is 5.02. The van der Waals surface area contributed by atoms with Gasteiger partial charge >= 0.3 is 0 Å². The van der Waals surface area contributed by atoms with Crippen LogP contribution in [0.5, 0.6) is 0 Å². The number of fused-ring (bicyclic) bond motifs is 1. The third kappa shape index (κ3) is 1.70. The van der Waals surface area contributed by atoms with Gasteiger partial charge in [-0.2, -0.15) is 0 Å². The molecule has 1 N–H and O–H groups in total. The molecule has 0 aliphatic heterocycles. The molecule has 0 aliphatic carbocycles. The number of nitrogens with one attached hydrogen (secondary N) is 1. The number of hydrogen-bond acceptors (Lipinski definition) is 3. The summed E-state index contributed by atoms with van der Waals surface area (Å²) in [6.07, 6.45) is 0. The van der Waals surface area contributed by atoms with Crippen LogP contribution in [0.3, 0.4) is 0 Å². The SMILES string of the molecule is O=c1c2sccc2[nH]c(=S)n1-c1cccc(F)c1. The number of aromatic nitrogens is 2. The van der Waals surface area contributed by atoms with Crippen molar-refractivity contribution in [2.75, 3.05) is 0 Å². The van der Waals surface area contributed by atoms with E-state index in [2.05, 4.69) is 4.98 Å². The molecule has 2 aromatic heterocycles. The van der Waals surface area contributed by atoms with E-state index < -0.39 is 5.82 Å². The molecule has 18 heavy (non-hydrogen) atoms. The molecule has 1 aromatic carbocycles. The Kier molecular flexibility index (Phi) is 2.61. The van der Waals surface area contributed by atoms with E-state index in [0.717, 1.165) is 0 Å². The Morgan fingerprint density at radius 2 is 2.17 bits per heavy atom. The highest BCUT2D eigenvalue weighted by atomic mass is 32.1. The maximum absolute atomic E-state index is 13.2. The fraction of sp³-hybridized carbons (Fsp3) is 0. The van der Waals surface area contributed by atoms with Crippen molar-refractivity contribution in [1.82, 2.24) is 9.55 Å². The molecule has 0 saturated carbocycles. The second-order valence-electron chi connectivity index (χ2n) is 3.71. The van der Waals surface area contributed by atoms with Gasteiger partial charge in [0, 0.05) is 0 Å². The highest BCUT2D eigenvalue weighted by molar-refractivity contribution is 7.71. The molecule has 3 rings (SSSR count).